The van der Waals surface area contributed by atoms with Gasteiger partial charge in [-0.3, -0.25) is 24.6 Å². The Morgan fingerprint density at radius 2 is 1.72 bits per heavy atom. The van der Waals surface area contributed by atoms with Crippen molar-refractivity contribution in [2.24, 2.45) is 0 Å². The number of thiocarbonyl (C=S) groups is 1. The minimum Gasteiger partial charge on any atom is -0.497 e. The fourth-order valence-corrected chi connectivity index (χ4v) is 3.50. The Hall–Kier alpha value is -4.04. The Bertz CT molecular complexity index is 1260. The number of amides is 2. The first-order chi connectivity index (χ1) is 15.4. The van der Waals surface area contributed by atoms with Gasteiger partial charge in [-0.2, -0.15) is 0 Å². The summed E-state index contributed by atoms with van der Waals surface area (Å²) in [5.74, 6) is 0.307. The number of benzene rings is 2. The van der Waals surface area contributed by atoms with Crippen molar-refractivity contribution in [2.75, 3.05) is 12.0 Å². The molecule has 1 aliphatic rings. The molecule has 1 saturated heterocycles. The van der Waals surface area contributed by atoms with Crippen molar-refractivity contribution in [3.8, 4) is 17.1 Å². The Labute approximate surface area is 189 Å². The molecule has 1 fully saturated rings. The van der Waals surface area contributed by atoms with Crippen LogP contribution in [0.15, 0.2) is 70.7 Å². The minimum atomic E-state index is -0.603. The summed E-state index contributed by atoms with van der Waals surface area (Å²) in [4.78, 5) is 38.2. The highest BCUT2D eigenvalue weighted by Gasteiger charge is 2.34. The normalized spacial score (nSPS) is 15.1. The predicted octanol–water partition coefficient (Wildman–Crippen LogP) is 3.99. The fraction of sp³-hybridized carbons (Fsp3) is 0.0833. The van der Waals surface area contributed by atoms with E-state index in [4.69, 9.17) is 21.4 Å². The molecule has 0 aliphatic carbocycles. The van der Waals surface area contributed by atoms with Gasteiger partial charge in [-0.15, -0.1) is 0 Å². The number of ether oxygens (including phenoxy) is 1. The molecule has 1 N–H and O–H groups in total. The summed E-state index contributed by atoms with van der Waals surface area (Å²) in [6.07, 6.45) is 1.38. The van der Waals surface area contributed by atoms with Crippen LogP contribution in [0.4, 0.5) is 5.69 Å². The zero-order valence-corrected chi connectivity index (χ0v) is 18.1. The van der Waals surface area contributed by atoms with Crippen LogP contribution in [0.25, 0.3) is 17.4 Å². The number of carbonyl (C=O) groups is 3. The van der Waals surface area contributed by atoms with E-state index in [-0.39, 0.29) is 16.5 Å². The monoisotopic (exact) mass is 446 g/mol. The van der Waals surface area contributed by atoms with E-state index in [1.165, 1.54) is 17.9 Å². The molecule has 0 unspecified atom stereocenters. The standard InChI is InChI=1S/C24H18N2O5S/c1-14(27)15-3-5-16(6-4-15)21-12-11-19(31-21)13-20-22(28)25-24(32)26(23(20)29)17-7-9-18(30-2)10-8-17/h3-13H,1-2H3,(H,25,28,32)/b20-13+. The molecule has 2 amide bonds. The van der Waals surface area contributed by atoms with Gasteiger partial charge in [0.15, 0.2) is 10.9 Å². The quantitative estimate of drug-likeness (QED) is 0.276. The van der Waals surface area contributed by atoms with Crippen LogP contribution < -0.4 is 15.0 Å². The average Bonchev–Trinajstić information content (AvgIpc) is 3.26. The number of nitrogens with zero attached hydrogens (tertiary/aromatic N) is 1. The molecule has 0 saturated carbocycles. The maximum Gasteiger partial charge on any atom is 0.270 e. The van der Waals surface area contributed by atoms with Crippen LogP contribution in [0.5, 0.6) is 5.75 Å². The van der Waals surface area contributed by atoms with Crippen molar-refractivity contribution < 1.29 is 23.5 Å². The molecule has 1 aliphatic heterocycles. The predicted molar refractivity (Wildman–Crippen MR) is 123 cm³/mol. The number of nitrogens with one attached hydrogen (secondary N) is 1. The van der Waals surface area contributed by atoms with Gasteiger partial charge < -0.3 is 9.15 Å². The van der Waals surface area contributed by atoms with Gasteiger partial charge in [-0.1, -0.05) is 24.3 Å². The van der Waals surface area contributed by atoms with E-state index in [0.29, 0.717) is 28.5 Å². The summed E-state index contributed by atoms with van der Waals surface area (Å²) in [7, 11) is 1.54. The van der Waals surface area contributed by atoms with Crippen molar-refractivity contribution in [2.45, 2.75) is 6.92 Å². The summed E-state index contributed by atoms with van der Waals surface area (Å²) in [5, 5.41) is 2.53. The molecule has 4 rings (SSSR count). The molecule has 3 aromatic rings. The van der Waals surface area contributed by atoms with Crippen LogP contribution in [-0.2, 0) is 9.59 Å². The number of anilines is 1. The van der Waals surface area contributed by atoms with Crippen molar-refractivity contribution in [1.29, 1.82) is 0 Å². The third-order valence-electron chi connectivity index (χ3n) is 4.92. The maximum atomic E-state index is 13.1. The van der Waals surface area contributed by atoms with E-state index in [1.54, 1.807) is 67.8 Å². The topological polar surface area (TPSA) is 88.8 Å². The van der Waals surface area contributed by atoms with Crippen LogP contribution in [0, 0.1) is 0 Å². The SMILES string of the molecule is COc1ccc(N2C(=O)/C(=C/c3ccc(-c4ccc(C(C)=O)cc4)o3)C(=O)NC2=S)cc1. The molecule has 8 heteroatoms. The third-order valence-corrected chi connectivity index (χ3v) is 5.21. The van der Waals surface area contributed by atoms with Crippen molar-refractivity contribution >= 4 is 46.7 Å². The van der Waals surface area contributed by atoms with E-state index < -0.39 is 11.8 Å². The molecule has 2 aromatic carbocycles. The Morgan fingerprint density at radius 1 is 1.03 bits per heavy atom. The Kier molecular flexibility index (Phi) is 5.70. The van der Waals surface area contributed by atoms with E-state index in [2.05, 4.69) is 5.32 Å². The van der Waals surface area contributed by atoms with Gasteiger partial charge in [0.25, 0.3) is 11.8 Å². The fourth-order valence-electron chi connectivity index (χ4n) is 3.22. The summed E-state index contributed by atoms with van der Waals surface area (Å²) in [5.41, 5.74) is 1.75. The third kappa shape index (κ3) is 4.08. The van der Waals surface area contributed by atoms with Crippen LogP contribution in [-0.4, -0.2) is 29.8 Å². The average molecular weight is 446 g/mol. The molecule has 0 radical (unpaired) electrons. The van der Waals surface area contributed by atoms with Gasteiger partial charge in [0.2, 0.25) is 0 Å². The first-order valence-corrected chi connectivity index (χ1v) is 10.0. The number of hydrogen-bond donors (Lipinski definition) is 1. The van der Waals surface area contributed by atoms with Crippen LogP contribution in [0.1, 0.15) is 23.0 Å². The van der Waals surface area contributed by atoms with Crippen LogP contribution in [0.2, 0.25) is 0 Å². The maximum absolute atomic E-state index is 13.1. The lowest BCUT2D eigenvalue weighted by atomic mass is 10.1. The second-order valence-electron chi connectivity index (χ2n) is 6.99. The Morgan fingerprint density at radius 3 is 2.34 bits per heavy atom. The molecule has 0 atom stereocenters. The number of ketones is 1. The second kappa shape index (κ2) is 8.60. The highest BCUT2D eigenvalue weighted by Crippen LogP contribution is 2.27. The van der Waals surface area contributed by atoms with Gasteiger partial charge in [0.1, 0.15) is 22.8 Å². The number of Topliss-reactive ketones (excluding diaryl/α,β-unsaturated/α-hetero) is 1. The molecular weight excluding hydrogens is 428 g/mol. The molecule has 32 heavy (non-hydrogen) atoms. The summed E-state index contributed by atoms with van der Waals surface area (Å²) >= 11 is 5.21. The van der Waals surface area contributed by atoms with Gasteiger partial charge >= 0.3 is 0 Å². The first kappa shape index (κ1) is 21.2. The number of hydrogen-bond acceptors (Lipinski definition) is 6. The molecule has 2 heterocycles. The lowest BCUT2D eigenvalue weighted by Crippen LogP contribution is -2.54. The minimum absolute atomic E-state index is 0.00647. The molecule has 160 valence electrons. The van der Waals surface area contributed by atoms with Crippen molar-refractivity contribution in [1.82, 2.24) is 5.32 Å². The Balaban J connectivity index is 1.62. The highest BCUT2D eigenvalue weighted by molar-refractivity contribution is 7.80. The van der Waals surface area contributed by atoms with Crippen molar-refractivity contribution in [3.63, 3.8) is 0 Å². The number of rotatable bonds is 5. The van der Waals surface area contributed by atoms with Gasteiger partial charge in [0.05, 0.1) is 12.8 Å². The van der Waals surface area contributed by atoms with Gasteiger partial charge in [-0.25, -0.2) is 0 Å². The van der Waals surface area contributed by atoms with Crippen molar-refractivity contribution in [3.05, 3.63) is 77.6 Å². The van der Waals surface area contributed by atoms with Crippen LogP contribution >= 0.6 is 12.2 Å². The molecule has 0 spiro atoms. The van der Waals surface area contributed by atoms with Crippen LogP contribution in [0.3, 0.4) is 0 Å². The number of methoxy groups -OCH3 is 1. The van der Waals surface area contributed by atoms with E-state index >= 15 is 0 Å². The second-order valence-corrected chi connectivity index (χ2v) is 7.38. The van der Waals surface area contributed by atoms with Gasteiger partial charge in [0, 0.05) is 11.1 Å². The smallest absolute Gasteiger partial charge is 0.270 e. The zero-order chi connectivity index (χ0) is 22.8. The summed E-state index contributed by atoms with van der Waals surface area (Å²) < 4.78 is 10.9. The molecule has 0 bridgehead atoms. The molecular formula is C24H18N2O5S. The largest absolute Gasteiger partial charge is 0.497 e. The highest BCUT2D eigenvalue weighted by atomic mass is 32.1. The molecule has 1 aromatic heterocycles. The lowest BCUT2D eigenvalue weighted by Gasteiger charge is -2.28. The first-order valence-electron chi connectivity index (χ1n) is 9.64. The number of carbonyl (C=O) groups excluding carboxylic acids is 3. The lowest BCUT2D eigenvalue weighted by molar-refractivity contribution is -0.122. The van der Waals surface area contributed by atoms with E-state index in [0.717, 1.165) is 5.56 Å². The summed E-state index contributed by atoms with van der Waals surface area (Å²) in [6, 6.07) is 17.1. The summed E-state index contributed by atoms with van der Waals surface area (Å²) in [6.45, 7) is 1.50. The molecule has 7 nitrogen and oxygen atoms in total. The van der Waals surface area contributed by atoms with Gasteiger partial charge in [-0.05, 0) is 61.6 Å². The zero-order valence-electron chi connectivity index (χ0n) is 17.2. The van der Waals surface area contributed by atoms with E-state index in [1.807, 2.05) is 0 Å². The number of furan rings is 1. The van der Waals surface area contributed by atoms with E-state index in [9.17, 15) is 14.4 Å².